The second-order valence-corrected chi connectivity index (χ2v) is 5.98. The maximum atomic E-state index is 5.80. The van der Waals surface area contributed by atoms with E-state index in [4.69, 9.17) is 10.2 Å². The average Bonchev–Trinajstić information content (AvgIpc) is 3.22. The lowest BCUT2D eigenvalue weighted by atomic mass is 10.1. The van der Waals surface area contributed by atoms with Crippen LogP contribution in [-0.2, 0) is 13.0 Å². The van der Waals surface area contributed by atoms with Crippen LogP contribution in [0.5, 0.6) is 0 Å². The molecule has 0 spiro atoms. The number of nitrogens with one attached hydrogen (secondary N) is 1. The van der Waals surface area contributed by atoms with Gasteiger partial charge in [0.15, 0.2) is 5.76 Å². The number of rotatable bonds is 8. The van der Waals surface area contributed by atoms with Crippen LogP contribution < -0.4 is 5.73 Å². The molecule has 0 saturated carbocycles. The van der Waals surface area contributed by atoms with Crippen molar-refractivity contribution in [2.24, 2.45) is 5.73 Å². The molecule has 5 nitrogen and oxygen atoms in total. The molecule has 0 aliphatic carbocycles. The summed E-state index contributed by atoms with van der Waals surface area (Å²) in [6, 6.07) is 14.5. The highest BCUT2D eigenvalue weighted by molar-refractivity contribution is 5.85. The number of halogens is 1. The molecule has 0 aliphatic heterocycles. The zero-order chi connectivity index (χ0) is 16.8. The van der Waals surface area contributed by atoms with E-state index in [0.717, 1.165) is 48.8 Å². The van der Waals surface area contributed by atoms with Crippen LogP contribution in [-0.4, -0.2) is 34.7 Å². The van der Waals surface area contributed by atoms with Gasteiger partial charge in [-0.1, -0.05) is 30.3 Å². The van der Waals surface area contributed by atoms with Gasteiger partial charge in [-0.05, 0) is 31.0 Å². The van der Waals surface area contributed by atoms with E-state index >= 15 is 0 Å². The Morgan fingerprint density at radius 2 is 1.92 bits per heavy atom. The summed E-state index contributed by atoms with van der Waals surface area (Å²) in [6.07, 6.45) is 2.88. The summed E-state index contributed by atoms with van der Waals surface area (Å²) >= 11 is 0. The predicted octanol–water partition coefficient (Wildman–Crippen LogP) is 3.40. The van der Waals surface area contributed by atoms with E-state index in [9.17, 15) is 0 Å². The third kappa shape index (κ3) is 5.19. The zero-order valence-corrected chi connectivity index (χ0v) is 15.3. The molecule has 0 aliphatic rings. The van der Waals surface area contributed by atoms with E-state index in [1.165, 1.54) is 5.56 Å². The molecular weight excluding hydrogens is 336 g/mol. The molecule has 0 unspecified atom stereocenters. The first-order chi connectivity index (χ1) is 11.8. The Balaban J connectivity index is 0.00000225. The van der Waals surface area contributed by atoms with E-state index in [-0.39, 0.29) is 12.4 Å². The van der Waals surface area contributed by atoms with Gasteiger partial charge in [0.25, 0.3) is 0 Å². The Morgan fingerprint density at radius 3 is 2.60 bits per heavy atom. The summed E-state index contributed by atoms with van der Waals surface area (Å²) in [7, 11) is 0. The van der Waals surface area contributed by atoms with Crippen LogP contribution in [0.4, 0.5) is 0 Å². The van der Waals surface area contributed by atoms with Gasteiger partial charge in [-0.3, -0.25) is 10.00 Å². The average molecular weight is 361 g/mol. The summed E-state index contributed by atoms with van der Waals surface area (Å²) in [5, 5.41) is 7.25. The fraction of sp³-hybridized carbons (Fsp3) is 0.316. The van der Waals surface area contributed by atoms with Crippen LogP contribution in [0.1, 0.15) is 16.9 Å². The quantitative estimate of drug-likeness (QED) is 0.645. The molecule has 0 bridgehead atoms. The van der Waals surface area contributed by atoms with Crippen molar-refractivity contribution in [3.63, 3.8) is 0 Å². The molecule has 1 aromatic carbocycles. The number of nitrogens with zero attached hydrogens (tertiary/aromatic N) is 2. The number of nitrogens with two attached hydrogens (primary N) is 1. The van der Waals surface area contributed by atoms with Gasteiger partial charge in [-0.25, -0.2) is 0 Å². The molecule has 3 aromatic rings. The van der Waals surface area contributed by atoms with Crippen LogP contribution in [0, 0.1) is 6.92 Å². The number of hydrogen-bond acceptors (Lipinski definition) is 4. The lowest BCUT2D eigenvalue weighted by molar-refractivity contribution is 0.276. The fourth-order valence-corrected chi connectivity index (χ4v) is 2.84. The Hall–Kier alpha value is -2.08. The molecule has 3 rings (SSSR count). The van der Waals surface area contributed by atoms with Crippen molar-refractivity contribution < 1.29 is 4.42 Å². The normalized spacial score (nSPS) is 10.8. The molecule has 25 heavy (non-hydrogen) atoms. The van der Waals surface area contributed by atoms with Gasteiger partial charge in [0.05, 0.1) is 6.20 Å². The summed E-state index contributed by atoms with van der Waals surface area (Å²) in [5.41, 5.74) is 9.22. The zero-order valence-electron chi connectivity index (χ0n) is 14.4. The van der Waals surface area contributed by atoms with E-state index in [1.807, 2.05) is 31.3 Å². The first-order valence-corrected chi connectivity index (χ1v) is 8.31. The third-order valence-corrected chi connectivity index (χ3v) is 4.10. The molecule has 0 fully saturated rings. The van der Waals surface area contributed by atoms with Gasteiger partial charge in [0.1, 0.15) is 11.5 Å². The molecule has 3 N–H and O–H groups in total. The van der Waals surface area contributed by atoms with Gasteiger partial charge < -0.3 is 10.2 Å². The lowest BCUT2D eigenvalue weighted by Gasteiger charge is -2.21. The van der Waals surface area contributed by atoms with Crippen LogP contribution in [0.25, 0.3) is 11.5 Å². The molecule has 0 radical (unpaired) electrons. The Labute approximate surface area is 154 Å². The molecule has 2 aromatic heterocycles. The minimum absolute atomic E-state index is 0. The number of hydrogen-bond donors (Lipinski definition) is 2. The molecule has 0 atom stereocenters. The van der Waals surface area contributed by atoms with E-state index in [2.05, 4.69) is 39.4 Å². The summed E-state index contributed by atoms with van der Waals surface area (Å²) in [5.74, 6) is 1.73. The number of aromatic amines is 1. The second kappa shape index (κ2) is 9.42. The maximum Gasteiger partial charge on any atom is 0.152 e. The number of H-pyrrole nitrogens is 1. The molecule has 2 heterocycles. The summed E-state index contributed by atoms with van der Waals surface area (Å²) in [6.45, 7) is 5.20. The van der Waals surface area contributed by atoms with Crippen molar-refractivity contribution in [3.05, 3.63) is 65.5 Å². The van der Waals surface area contributed by atoms with Crippen molar-refractivity contribution in [3.8, 4) is 11.5 Å². The van der Waals surface area contributed by atoms with Crippen LogP contribution in [0.2, 0.25) is 0 Å². The van der Waals surface area contributed by atoms with Crippen molar-refractivity contribution in [2.75, 3.05) is 19.6 Å². The molecular formula is C19H25ClN4O. The van der Waals surface area contributed by atoms with Gasteiger partial charge >= 0.3 is 0 Å². The first kappa shape index (κ1) is 19.2. The summed E-state index contributed by atoms with van der Waals surface area (Å²) < 4.78 is 5.72. The van der Waals surface area contributed by atoms with Crippen LogP contribution in [0.3, 0.4) is 0 Å². The topological polar surface area (TPSA) is 71.1 Å². The van der Waals surface area contributed by atoms with Crippen molar-refractivity contribution in [1.29, 1.82) is 0 Å². The van der Waals surface area contributed by atoms with Crippen molar-refractivity contribution in [2.45, 2.75) is 19.9 Å². The monoisotopic (exact) mass is 360 g/mol. The van der Waals surface area contributed by atoms with Crippen molar-refractivity contribution >= 4 is 12.4 Å². The fourth-order valence-electron chi connectivity index (χ4n) is 2.84. The Morgan fingerprint density at radius 1 is 1.12 bits per heavy atom. The van der Waals surface area contributed by atoms with E-state index in [1.54, 1.807) is 0 Å². The minimum Gasteiger partial charge on any atom is -0.460 e. The summed E-state index contributed by atoms with van der Waals surface area (Å²) in [4.78, 5) is 2.36. The minimum atomic E-state index is 0. The lowest BCUT2D eigenvalue weighted by Crippen LogP contribution is -2.31. The number of aryl methyl sites for hydroxylation is 1. The number of benzene rings is 1. The largest absolute Gasteiger partial charge is 0.460 e. The molecule has 0 saturated heterocycles. The van der Waals surface area contributed by atoms with Gasteiger partial charge in [-0.2, -0.15) is 5.10 Å². The SMILES string of the molecule is Cc1ccc(-c2[nH]ncc2CN(CCN)CCc2ccccc2)o1.Cl. The standard InChI is InChI=1S/C19H24N4O.ClH/c1-15-7-8-18(24-15)19-17(13-21-22-19)14-23(12-10-20)11-9-16-5-3-2-4-6-16;/h2-8,13H,9-12,14,20H2,1H3,(H,21,22);1H. The Kier molecular flexibility index (Phi) is 7.25. The highest BCUT2D eigenvalue weighted by Crippen LogP contribution is 2.24. The highest BCUT2D eigenvalue weighted by atomic mass is 35.5. The van der Waals surface area contributed by atoms with E-state index < -0.39 is 0 Å². The molecule has 134 valence electrons. The number of aromatic nitrogens is 2. The van der Waals surface area contributed by atoms with E-state index in [0.29, 0.717) is 6.54 Å². The van der Waals surface area contributed by atoms with Gasteiger partial charge in [-0.15, -0.1) is 12.4 Å². The van der Waals surface area contributed by atoms with Gasteiger partial charge in [0.2, 0.25) is 0 Å². The first-order valence-electron chi connectivity index (χ1n) is 8.31. The second-order valence-electron chi connectivity index (χ2n) is 5.98. The third-order valence-electron chi connectivity index (χ3n) is 4.10. The van der Waals surface area contributed by atoms with Crippen molar-refractivity contribution in [1.82, 2.24) is 15.1 Å². The van der Waals surface area contributed by atoms with Crippen LogP contribution in [0.15, 0.2) is 53.1 Å². The predicted molar refractivity (Wildman–Crippen MR) is 103 cm³/mol. The number of furan rings is 1. The maximum absolute atomic E-state index is 5.80. The molecule has 6 heteroatoms. The highest BCUT2D eigenvalue weighted by Gasteiger charge is 2.14. The van der Waals surface area contributed by atoms with Gasteiger partial charge in [0, 0.05) is 31.7 Å². The smallest absolute Gasteiger partial charge is 0.152 e. The van der Waals surface area contributed by atoms with Crippen LogP contribution >= 0.6 is 12.4 Å². The molecule has 0 amide bonds. The Bertz CT molecular complexity index is 754.